The molecule has 0 amide bonds. The van der Waals surface area contributed by atoms with Crippen LogP contribution < -0.4 is 0 Å². The summed E-state index contributed by atoms with van der Waals surface area (Å²) in [4.78, 5) is 0. The quantitative estimate of drug-likeness (QED) is 0.182. The Morgan fingerprint density at radius 3 is 1.07 bits per heavy atom. The molecular weight excluding hydrogens is 547 g/mol. The van der Waals surface area contributed by atoms with Crippen molar-refractivity contribution in [1.82, 2.24) is 0 Å². The summed E-state index contributed by atoms with van der Waals surface area (Å²) in [5, 5.41) is 0. The number of hydrogen-bond donors (Lipinski definition) is 4. The summed E-state index contributed by atoms with van der Waals surface area (Å²) in [5.74, 6) is 0. The topological polar surface area (TPSA) is 149 Å². The van der Waals surface area contributed by atoms with E-state index in [2.05, 4.69) is 0 Å². The van der Waals surface area contributed by atoms with Gasteiger partial charge in [0.15, 0.2) is 0 Å². The summed E-state index contributed by atoms with van der Waals surface area (Å²) in [5.41, 5.74) is 0. The van der Waals surface area contributed by atoms with Crippen LogP contribution in [0.25, 0.3) is 0 Å². The van der Waals surface area contributed by atoms with Gasteiger partial charge >= 0.3 is 102 Å². The fourth-order valence-corrected chi connectivity index (χ4v) is 0. The predicted molar refractivity (Wildman–Crippen MR) is 36.5 cm³/mol. The van der Waals surface area contributed by atoms with Gasteiger partial charge in [0.25, 0.3) is 0 Å². The van der Waals surface area contributed by atoms with E-state index in [0.29, 0.717) is 0 Å². The molecule has 4 N–H and O–H groups in total. The number of rotatable bonds is 0. The van der Waals surface area contributed by atoms with Crippen LogP contribution in [0, 0.1) is 0 Å². The van der Waals surface area contributed by atoms with Crippen molar-refractivity contribution in [2.45, 2.75) is 0 Å². The van der Waals surface area contributed by atoms with Gasteiger partial charge in [0.2, 0.25) is 0 Å². The molecule has 3 radical (unpaired) electrons. The maximum absolute atomic E-state index is 8.82. The van der Waals surface area contributed by atoms with Gasteiger partial charge in [0, 0.05) is 44.4 Å². The molecule has 0 aliphatic heterocycles. The van der Waals surface area contributed by atoms with Crippen LogP contribution in [-0.2, 0) is 76.0 Å². The molecule has 14 heavy (non-hydrogen) atoms. The molecule has 0 saturated heterocycles. The third kappa shape index (κ3) is 274. The molecule has 0 unspecified atom stereocenters. The van der Waals surface area contributed by atoms with Crippen LogP contribution in [0.15, 0.2) is 0 Å². The SMILES string of the molecule is O=S(=O)(O)O.[Ca+2].[Cd].[Cu].[H-].[H-].[O]=[Cr](=[O])([OH])[OH].[SnH2]. The van der Waals surface area contributed by atoms with Crippen molar-refractivity contribution in [3.8, 4) is 0 Å². The van der Waals surface area contributed by atoms with Gasteiger partial charge < -0.3 is 2.85 Å². The van der Waals surface area contributed by atoms with Gasteiger partial charge in [0.05, 0.1) is 0 Å². The average molecular weight is 555 g/mol. The summed E-state index contributed by atoms with van der Waals surface area (Å²) in [6, 6.07) is 0. The van der Waals surface area contributed by atoms with Crippen LogP contribution in [0.4, 0.5) is 0 Å². The van der Waals surface area contributed by atoms with Crippen LogP contribution in [0.2, 0.25) is 0 Å². The van der Waals surface area contributed by atoms with Crippen molar-refractivity contribution in [2.75, 3.05) is 0 Å². The molecule has 0 aromatic heterocycles. The van der Waals surface area contributed by atoms with Crippen molar-refractivity contribution >= 4 is 72.0 Å². The van der Waals surface area contributed by atoms with Crippen LogP contribution in [0.1, 0.15) is 2.85 Å². The Morgan fingerprint density at radius 2 is 1.07 bits per heavy atom. The standard InChI is InChI=1S/Ca.Cd.Cr.Cu.H2O4S.2H2O.2O.Sn.4H/c;;;;1-5(2,3)4;;;;;;;;;/h;;;;(H2,1,2,3,4);2*1H2;;;;;;;/q+2;;+2;;;;;;;;;;2*-1/p-2. The minimum absolute atomic E-state index is 0. The Bertz CT molecular complexity index is 234. The predicted octanol–water partition coefficient (Wildman–Crippen LogP) is -3.08. The van der Waals surface area contributed by atoms with E-state index in [0.717, 1.165) is 0 Å². The van der Waals surface area contributed by atoms with Gasteiger partial charge in [-0.15, -0.1) is 0 Å². The Hall–Kier alpha value is 3.42. The van der Waals surface area contributed by atoms with Crippen molar-refractivity contribution in [1.29, 1.82) is 0 Å². The molecule has 0 aliphatic rings. The monoisotopic (exact) mass is 557 g/mol. The zero-order chi connectivity index (χ0) is 9.00. The van der Waals surface area contributed by atoms with Crippen LogP contribution >= 0.6 is 0 Å². The van der Waals surface area contributed by atoms with Crippen LogP contribution in [-0.4, -0.2) is 87.5 Å². The molecular formula is H8CaCdCrCuO8SSn. The molecule has 0 aromatic carbocycles. The molecule has 0 saturated carbocycles. The molecule has 0 rings (SSSR count). The van der Waals surface area contributed by atoms with E-state index in [4.69, 9.17) is 33.4 Å². The van der Waals surface area contributed by atoms with E-state index in [1.807, 2.05) is 0 Å². The van der Waals surface area contributed by atoms with E-state index in [1.165, 1.54) is 0 Å². The molecule has 0 aromatic rings. The molecule has 14 heteroatoms. The van der Waals surface area contributed by atoms with E-state index in [1.54, 1.807) is 0 Å². The Balaban J connectivity index is -0.00000000970. The second-order valence-corrected chi connectivity index (χ2v) is 3.19. The first-order valence-electron chi connectivity index (χ1n) is 1.40. The molecule has 0 fully saturated rings. The van der Waals surface area contributed by atoms with Crippen molar-refractivity contribution in [3.05, 3.63) is 0 Å². The number of hydrogen-bond acceptors (Lipinski definition) is 4. The third-order valence-corrected chi connectivity index (χ3v) is 0. The Morgan fingerprint density at radius 1 is 1.07 bits per heavy atom. The van der Waals surface area contributed by atoms with E-state index < -0.39 is 24.0 Å². The molecule has 8 nitrogen and oxygen atoms in total. The van der Waals surface area contributed by atoms with Crippen molar-refractivity contribution < 1.29 is 94.3 Å². The van der Waals surface area contributed by atoms with E-state index >= 15 is 0 Å². The Kier molecular flexibility index (Phi) is 42.2. The first kappa shape index (κ1) is 36.0. The van der Waals surface area contributed by atoms with Gasteiger partial charge in [0.1, 0.15) is 0 Å². The molecule has 87 valence electrons. The van der Waals surface area contributed by atoms with Crippen molar-refractivity contribution in [2.24, 2.45) is 0 Å². The maximum atomic E-state index is 8.82. The first-order chi connectivity index (χ1) is 4.00. The molecule has 0 atom stereocenters. The summed E-state index contributed by atoms with van der Waals surface area (Å²) < 4.78 is 63.5. The van der Waals surface area contributed by atoms with Crippen LogP contribution in [0.3, 0.4) is 0 Å². The van der Waals surface area contributed by atoms with Gasteiger partial charge in [-0.1, -0.05) is 0 Å². The average Bonchev–Trinajstić information content (AvgIpc) is 1.12. The normalized spacial score (nSPS) is 8.29. The summed E-state index contributed by atoms with van der Waals surface area (Å²) in [7, 11) is -4.67. The summed E-state index contributed by atoms with van der Waals surface area (Å²) >= 11 is -5.25. The van der Waals surface area contributed by atoms with Gasteiger partial charge in [-0.25, -0.2) is 0 Å². The fraction of sp³-hybridized carbons (Fsp3) is 0. The molecule has 0 aliphatic carbocycles. The zero-order valence-corrected chi connectivity index (χ0v) is 20.0. The fourth-order valence-electron chi connectivity index (χ4n) is 0. The van der Waals surface area contributed by atoms with Gasteiger partial charge in [-0.05, 0) is 0 Å². The van der Waals surface area contributed by atoms with E-state index in [-0.39, 0.29) is 109 Å². The van der Waals surface area contributed by atoms with Crippen LogP contribution in [0.5, 0.6) is 0 Å². The third-order valence-electron chi connectivity index (χ3n) is 0. The second kappa shape index (κ2) is 16.4. The first-order valence-corrected chi connectivity index (χ1v) is 4.98. The van der Waals surface area contributed by atoms with Gasteiger partial charge in [-0.3, -0.25) is 9.11 Å². The second-order valence-electron chi connectivity index (χ2n) is 0.896. The summed E-state index contributed by atoms with van der Waals surface area (Å²) in [6.07, 6.45) is 0. The molecule has 0 bridgehead atoms. The molecule has 0 spiro atoms. The summed E-state index contributed by atoms with van der Waals surface area (Å²) in [6.45, 7) is 0. The van der Waals surface area contributed by atoms with Crippen molar-refractivity contribution in [3.63, 3.8) is 0 Å². The minimum atomic E-state index is -5.25. The molecule has 0 heterocycles. The van der Waals surface area contributed by atoms with Gasteiger partial charge in [-0.2, -0.15) is 8.42 Å². The Labute approximate surface area is 163 Å². The van der Waals surface area contributed by atoms with E-state index in [9.17, 15) is 0 Å². The zero-order valence-electron chi connectivity index (χ0n) is 8.66.